The van der Waals surface area contributed by atoms with E-state index in [4.69, 9.17) is 51.6 Å². The van der Waals surface area contributed by atoms with Gasteiger partial charge in [-0.25, -0.2) is 18.4 Å². The maximum absolute atomic E-state index is 16.1. The average Bonchev–Trinajstić information content (AvgIpc) is 3.48. The number of hydrogen-bond acceptors (Lipinski definition) is 11. The lowest BCUT2D eigenvalue weighted by atomic mass is 9.62. The van der Waals surface area contributed by atoms with Gasteiger partial charge in [0.1, 0.15) is 22.8 Å². The van der Waals surface area contributed by atoms with Gasteiger partial charge in [0.05, 0.1) is 59.9 Å². The molecule has 1 aliphatic rings. The second-order valence-electron chi connectivity index (χ2n) is 17.4. The van der Waals surface area contributed by atoms with E-state index in [9.17, 15) is 19.6 Å². The number of nitrogens with zero attached hydrogens (tertiary/aromatic N) is 1. The predicted octanol–water partition coefficient (Wildman–Crippen LogP) is 9.90. The number of carbonyl (C=O) groups excluding carboxylic acids is 3. The van der Waals surface area contributed by atoms with Crippen LogP contribution >= 0.6 is 23.2 Å². The van der Waals surface area contributed by atoms with E-state index in [1.54, 1.807) is 7.11 Å². The average molecular weight is 891 g/mol. The van der Waals surface area contributed by atoms with Crippen LogP contribution in [0.4, 0.5) is 19.3 Å². The van der Waals surface area contributed by atoms with Gasteiger partial charge >= 0.3 is 12.1 Å². The van der Waals surface area contributed by atoms with Gasteiger partial charge in [-0.3, -0.25) is 4.79 Å². The summed E-state index contributed by atoms with van der Waals surface area (Å²) in [6.07, 6.45) is -1.07. The van der Waals surface area contributed by atoms with Crippen LogP contribution in [0.2, 0.25) is 10.0 Å². The summed E-state index contributed by atoms with van der Waals surface area (Å²) in [7, 11) is 2.95. The van der Waals surface area contributed by atoms with E-state index in [0.29, 0.717) is 19.4 Å². The van der Waals surface area contributed by atoms with Crippen LogP contribution in [0.15, 0.2) is 54.6 Å². The van der Waals surface area contributed by atoms with Gasteiger partial charge in [-0.1, -0.05) is 62.2 Å². The molecule has 0 radical (unpaired) electrons. The molecule has 1 fully saturated rings. The zero-order valence-corrected chi connectivity index (χ0v) is 37.7. The first-order chi connectivity index (χ1) is 28.5. The lowest BCUT2D eigenvalue weighted by Gasteiger charge is -2.37. The lowest BCUT2D eigenvalue weighted by Crippen LogP contribution is -2.45. The molecule has 3 aromatic rings. The lowest BCUT2D eigenvalue weighted by molar-refractivity contribution is -0.118. The fraction of sp³-hybridized carbons (Fsp3) is 0.511. The van der Waals surface area contributed by atoms with Gasteiger partial charge in [0.15, 0.2) is 0 Å². The zero-order chi connectivity index (χ0) is 45.5. The smallest absolute Gasteiger partial charge is 0.495 e. The Morgan fingerprint density at radius 3 is 2.25 bits per heavy atom. The van der Waals surface area contributed by atoms with Crippen molar-refractivity contribution in [3.05, 3.63) is 93.0 Å². The van der Waals surface area contributed by atoms with E-state index in [1.165, 1.54) is 62.6 Å². The fourth-order valence-electron chi connectivity index (χ4n) is 7.23. The van der Waals surface area contributed by atoms with E-state index < -0.39 is 70.4 Å². The summed E-state index contributed by atoms with van der Waals surface area (Å²) in [5.41, 5.74) is -3.27. The van der Waals surface area contributed by atoms with Crippen LogP contribution in [0, 0.1) is 28.4 Å². The number of rotatable bonds is 17. The largest absolute Gasteiger partial charge is 0.511 e. The summed E-state index contributed by atoms with van der Waals surface area (Å²) in [4.78, 5) is 40.0. The molecular formula is C45H55Cl2F2N3O9. The Balaban J connectivity index is 1.52. The highest BCUT2D eigenvalue weighted by Crippen LogP contribution is 2.53. The highest BCUT2D eigenvalue weighted by atomic mass is 35.5. The summed E-state index contributed by atoms with van der Waals surface area (Å²) in [5, 5.41) is 17.0. The molecule has 12 nitrogen and oxygen atoms in total. The molecule has 61 heavy (non-hydrogen) atoms. The first kappa shape index (κ1) is 49.1. The van der Waals surface area contributed by atoms with E-state index in [0.717, 1.165) is 6.07 Å². The van der Waals surface area contributed by atoms with Crippen LogP contribution in [0.3, 0.4) is 0 Å². The van der Waals surface area contributed by atoms with Crippen molar-refractivity contribution in [2.75, 3.05) is 32.8 Å². The Kier molecular flexibility index (Phi) is 16.2. The highest BCUT2D eigenvalue weighted by Gasteiger charge is 2.61. The zero-order valence-electron chi connectivity index (χ0n) is 36.2. The summed E-state index contributed by atoms with van der Waals surface area (Å²) >= 11 is 12.4. The van der Waals surface area contributed by atoms with Crippen molar-refractivity contribution in [1.82, 2.24) is 5.32 Å². The number of nitrogens with one attached hydrogen (secondary N) is 2. The number of hydrogen-bond donors (Lipinski definition) is 2. The Morgan fingerprint density at radius 1 is 0.934 bits per heavy atom. The van der Waals surface area contributed by atoms with Gasteiger partial charge in [0.25, 0.3) is 0 Å². The summed E-state index contributed by atoms with van der Waals surface area (Å²) in [5.74, 6) is -4.53. The molecule has 0 aliphatic carbocycles. The van der Waals surface area contributed by atoms with Gasteiger partial charge in [-0.15, -0.1) is 0 Å². The number of carbonyl (C=O) groups is 3. The quantitative estimate of drug-likeness (QED) is 0.0983. The molecule has 1 aliphatic heterocycles. The molecule has 5 atom stereocenters. The molecule has 1 heterocycles. The van der Waals surface area contributed by atoms with Gasteiger partial charge in [-0.2, -0.15) is 5.26 Å². The highest BCUT2D eigenvalue weighted by molar-refractivity contribution is 6.31. The molecule has 4 rings (SSSR count). The minimum Gasteiger partial charge on any atom is -0.495 e. The number of amides is 1. The molecule has 3 aromatic carbocycles. The fourth-order valence-corrected chi connectivity index (χ4v) is 7.57. The summed E-state index contributed by atoms with van der Waals surface area (Å²) < 4.78 is 64.6. The SMILES string of the molecule is COc1cc(C(=O)OC(C)OC(=O)OCCC(C)(C)OCCC(C)(C)OC)ccc1NC(=O)C1NC(CC(C)(C)C)[C@](C#N)(c2ccc(Cl)cc2F)C1c1cccc(Cl)c1F. The van der Waals surface area contributed by atoms with Gasteiger partial charge in [0.2, 0.25) is 12.2 Å². The molecular weight excluding hydrogens is 835 g/mol. The maximum Gasteiger partial charge on any atom is 0.511 e. The second-order valence-corrected chi connectivity index (χ2v) is 18.2. The molecule has 0 saturated carbocycles. The number of nitriles is 1. The third-order valence-electron chi connectivity index (χ3n) is 10.6. The van der Waals surface area contributed by atoms with Gasteiger partial charge in [0, 0.05) is 43.0 Å². The number of esters is 1. The monoisotopic (exact) mass is 889 g/mol. The van der Waals surface area contributed by atoms with Crippen LogP contribution in [0.5, 0.6) is 5.75 Å². The van der Waals surface area contributed by atoms with E-state index in [2.05, 4.69) is 16.7 Å². The van der Waals surface area contributed by atoms with Gasteiger partial charge in [-0.05, 0) is 87.9 Å². The van der Waals surface area contributed by atoms with Crippen LogP contribution < -0.4 is 15.4 Å². The third-order valence-corrected chi connectivity index (χ3v) is 11.2. The molecule has 4 unspecified atom stereocenters. The molecule has 0 spiro atoms. The summed E-state index contributed by atoms with van der Waals surface area (Å²) in [6, 6.07) is 12.3. The Bertz CT molecular complexity index is 2110. The van der Waals surface area contributed by atoms with Crippen molar-refractivity contribution in [1.29, 1.82) is 5.26 Å². The van der Waals surface area contributed by atoms with E-state index in [1.807, 2.05) is 48.5 Å². The van der Waals surface area contributed by atoms with Crippen molar-refractivity contribution in [3.63, 3.8) is 0 Å². The Hall–Kier alpha value is -4.52. The maximum atomic E-state index is 16.1. The molecule has 332 valence electrons. The van der Waals surface area contributed by atoms with E-state index in [-0.39, 0.29) is 56.8 Å². The van der Waals surface area contributed by atoms with Crippen LogP contribution in [-0.4, -0.2) is 75.0 Å². The molecule has 2 N–H and O–H groups in total. The standard InChI is InChI=1S/C45H55Cl2F2N3O9/c1-26(61-41(55)58-20-18-44(7,8)59-21-19-43(5,6)57-10)60-40(54)27-14-17-33(34(22-27)56-9)51-39(53)38-36(29-12-11-13-31(47)37(29)49)45(25-50,35(52-38)24-42(2,3)4)30-16-15-28(46)23-32(30)48/h11-17,22-23,26,35-36,38,52H,18-21,24H2,1-10H3,(H,51,53)/t26?,35?,36?,38?,45-/m0/s1. The first-order valence-corrected chi connectivity index (χ1v) is 20.5. The predicted molar refractivity (Wildman–Crippen MR) is 227 cm³/mol. The molecule has 16 heteroatoms. The van der Waals surface area contributed by atoms with E-state index >= 15 is 8.78 Å². The van der Waals surface area contributed by atoms with Crippen LogP contribution in [0.25, 0.3) is 0 Å². The number of benzene rings is 3. The van der Waals surface area contributed by atoms with Gasteiger partial charge < -0.3 is 39.1 Å². The van der Waals surface area contributed by atoms with Crippen molar-refractivity contribution in [3.8, 4) is 11.8 Å². The topological polar surface area (TPSA) is 154 Å². The summed E-state index contributed by atoms with van der Waals surface area (Å²) in [6.45, 7) is 15.2. The third kappa shape index (κ3) is 12.3. The van der Waals surface area contributed by atoms with Crippen LogP contribution in [-0.2, 0) is 33.9 Å². The first-order valence-electron chi connectivity index (χ1n) is 19.8. The second kappa shape index (κ2) is 20.1. The Labute approximate surface area is 366 Å². The van der Waals surface area contributed by atoms with Crippen molar-refractivity contribution >= 4 is 46.9 Å². The number of methoxy groups -OCH3 is 2. The van der Waals surface area contributed by atoms with Crippen LogP contribution in [0.1, 0.15) is 102 Å². The van der Waals surface area contributed by atoms with Crippen molar-refractivity contribution in [2.45, 2.75) is 116 Å². The molecule has 0 aromatic heterocycles. The molecule has 1 amide bonds. The molecule has 0 bridgehead atoms. The van der Waals surface area contributed by atoms with Crippen molar-refractivity contribution in [2.24, 2.45) is 5.41 Å². The molecule has 1 saturated heterocycles. The Morgan fingerprint density at radius 2 is 1.62 bits per heavy atom. The number of anilines is 1. The van der Waals surface area contributed by atoms with Crippen molar-refractivity contribution < 1.29 is 51.6 Å². The minimum atomic E-state index is -1.84. The normalized spacial score (nSPS) is 19.7. The number of ether oxygens (including phenoxy) is 6. The minimum absolute atomic E-state index is 0.0114. The number of halogens is 4.